The topological polar surface area (TPSA) is 55.2 Å². The molecule has 2 aromatic heterocycles. The molecule has 2 aromatic carbocycles. The van der Waals surface area contributed by atoms with Crippen LogP contribution in [0, 0.1) is 0 Å². The third kappa shape index (κ3) is 4.95. The Bertz CT molecular complexity index is 1190. The molecule has 0 atom stereocenters. The maximum Gasteiger partial charge on any atom is 0.130 e. The second-order valence-corrected chi connectivity index (χ2v) is 8.68. The van der Waals surface area contributed by atoms with E-state index in [0.717, 1.165) is 66.2 Å². The van der Waals surface area contributed by atoms with Crippen LogP contribution in [-0.2, 0) is 11.3 Å². The van der Waals surface area contributed by atoms with Crippen LogP contribution in [0.3, 0.4) is 0 Å². The monoisotopic (exact) mass is 457 g/mol. The largest absolute Gasteiger partial charge is 0.379 e. The molecule has 1 saturated heterocycles. The van der Waals surface area contributed by atoms with Crippen molar-refractivity contribution in [3.05, 3.63) is 84.7 Å². The third-order valence-corrected chi connectivity index (χ3v) is 6.39. The molecule has 1 aliphatic rings. The molecule has 1 aliphatic heterocycles. The molecule has 5 rings (SSSR count). The molecule has 0 radical (unpaired) electrons. The van der Waals surface area contributed by atoms with Gasteiger partial charge in [0, 0.05) is 37.1 Å². The highest BCUT2D eigenvalue weighted by Crippen LogP contribution is 2.36. The standard InChI is InChI=1S/C26H27N5OS/c1-33-26-25(20-12-13-27-24(18-20)28-21-8-4-2-5-9-21)23(19-30-14-16-32-17-15-30)31(29-26)22-10-6-3-7-11-22/h2-13,18H,14-17,19H2,1H3,(H,27,28). The Balaban J connectivity index is 1.58. The fraction of sp³-hybridized carbons (Fsp3) is 0.231. The van der Waals surface area contributed by atoms with Gasteiger partial charge in [0.05, 0.1) is 24.6 Å². The van der Waals surface area contributed by atoms with Crippen LogP contribution in [0.1, 0.15) is 5.69 Å². The number of hydrogen-bond donors (Lipinski definition) is 1. The molecular formula is C26H27N5OS. The molecule has 0 unspecified atom stereocenters. The van der Waals surface area contributed by atoms with Crippen LogP contribution in [0.4, 0.5) is 11.5 Å². The van der Waals surface area contributed by atoms with Crippen molar-refractivity contribution < 1.29 is 4.74 Å². The van der Waals surface area contributed by atoms with Gasteiger partial charge in [-0.1, -0.05) is 36.4 Å². The Labute approximate surface area is 198 Å². The number of morpholine rings is 1. The molecule has 0 saturated carbocycles. The zero-order valence-electron chi connectivity index (χ0n) is 18.6. The summed E-state index contributed by atoms with van der Waals surface area (Å²) in [5, 5.41) is 9.47. The van der Waals surface area contributed by atoms with Gasteiger partial charge in [-0.25, -0.2) is 9.67 Å². The number of thioether (sulfide) groups is 1. The third-order valence-electron chi connectivity index (χ3n) is 5.71. The molecule has 1 N–H and O–H groups in total. The Hall–Kier alpha value is -3.13. The number of para-hydroxylation sites is 2. The van der Waals surface area contributed by atoms with Crippen molar-refractivity contribution in [2.24, 2.45) is 0 Å². The molecule has 4 aromatic rings. The molecule has 0 spiro atoms. The number of nitrogens with one attached hydrogen (secondary N) is 1. The van der Waals surface area contributed by atoms with E-state index in [9.17, 15) is 0 Å². The predicted molar refractivity (Wildman–Crippen MR) is 134 cm³/mol. The number of ether oxygens (including phenoxy) is 1. The zero-order chi connectivity index (χ0) is 22.5. The van der Waals surface area contributed by atoms with E-state index in [0.29, 0.717) is 0 Å². The van der Waals surface area contributed by atoms with Crippen molar-refractivity contribution in [3.63, 3.8) is 0 Å². The summed E-state index contributed by atoms with van der Waals surface area (Å²) in [6.07, 6.45) is 3.95. The molecule has 0 amide bonds. The van der Waals surface area contributed by atoms with Crippen LogP contribution in [-0.4, -0.2) is 52.2 Å². The van der Waals surface area contributed by atoms with E-state index in [1.807, 2.05) is 42.6 Å². The molecular weight excluding hydrogens is 430 g/mol. The summed E-state index contributed by atoms with van der Waals surface area (Å²) >= 11 is 1.68. The molecule has 0 bridgehead atoms. The van der Waals surface area contributed by atoms with Gasteiger partial charge in [-0.2, -0.15) is 5.10 Å². The zero-order valence-corrected chi connectivity index (χ0v) is 19.5. The van der Waals surface area contributed by atoms with Crippen LogP contribution < -0.4 is 5.32 Å². The maximum atomic E-state index is 5.58. The first kappa shape index (κ1) is 21.7. The fourth-order valence-electron chi connectivity index (χ4n) is 4.09. The molecule has 33 heavy (non-hydrogen) atoms. The summed E-state index contributed by atoms with van der Waals surface area (Å²) in [5.41, 5.74) is 5.54. The van der Waals surface area contributed by atoms with Gasteiger partial charge in [-0.15, -0.1) is 11.8 Å². The lowest BCUT2D eigenvalue weighted by Crippen LogP contribution is -2.36. The number of nitrogens with zero attached hydrogens (tertiary/aromatic N) is 4. The summed E-state index contributed by atoms with van der Waals surface area (Å²) in [6.45, 7) is 4.19. The quantitative estimate of drug-likeness (QED) is 0.384. The van der Waals surface area contributed by atoms with Crippen molar-refractivity contribution in [2.75, 3.05) is 37.9 Å². The lowest BCUT2D eigenvalue weighted by molar-refractivity contribution is 0.0334. The second-order valence-electron chi connectivity index (χ2n) is 7.89. The van der Waals surface area contributed by atoms with Gasteiger partial charge in [0.2, 0.25) is 0 Å². The second kappa shape index (κ2) is 10.2. The molecule has 168 valence electrons. The average molecular weight is 458 g/mol. The highest BCUT2D eigenvalue weighted by molar-refractivity contribution is 7.98. The average Bonchev–Trinajstić information content (AvgIpc) is 3.24. The van der Waals surface area contributed by atoms with Crippen LogP contribution in [0.25, 0.3) is 16.8 Å². The lowest BCUT2D eigenvalue weighted by Gasteiger charge is -2.27. The minimum absolute atomic E-state index is 0.768. The number of pyridine rings is 1. The van der Waals surface area contributed by atoms with E-state index >= 15 is 0 Å². The van der Waals surface area contributed by atoms with Crippen molar-refractivity contribution >= 4 is 23.3 Å². The maximum absolute atomic E-state index is 5.58. The highest BCUT2D eigenvalue weighted by atomic mass is 32.2. The van der Waals surface area contributed by atoms with Gasteiger partial charge in [-0.05, 0) is 48.2 Å². The van der Waals surface area contributed by atoms with Crippen LogP contribution in [0.5, 0.6) is 0 Å². The first-order valence-corrected chi connectivity index (χ1v) is 12.3. The smallest absolute Gasteiger partial charge is 0.130 e. The van der Waals surface area contributed by atoms with Crippen molar-refractivity contribution in [1.82, 2.24) is 19.7 Å². The SMILES string of the molecule is CSc1nn(-c2ccccc2)c(CN2CCOCC2)c1-c1ccnc(Nc2ccccc2)c1. The van der Waals surface area contributed by atoms with Crippen LogP contribution in [0.15, 0.2) is 84.0 Å². The lowest BCUT2D eigenvalue weighted by atomic mass is 10.1. The van der Waals surface area contributed by atoms with E-state index in [-0.39, 0.29) is 0 Å². The number of aromatic nitrogens is 3. The summed E-state index contributed by atoms with van der Waals surface area (Å²) in [5.74, 6) is 0.815. The summed E-state index contributed by atoms with van der Waals surface area (Å²) in [4.78, 5) is 7.00. The van der Waals surface area contributed by atoms with Gasteiger partial charge in [0.25, 0.3) is 0 Å². The number of rotatable bonds is 7. The minimum Gasteiger partial charge on any atom is -0.379 e. The minimum atomic E-state index is 0.768. The van der Waals surface area contributed by atoms with E-state index in [4.69, 9.17) is 9.84 Å². The van der Waals surface area contributed by atoms with Crippen LogP contribution in [0.2, 0.25) is 0 Å². The van der Waals surface area contributed by atoms with Crippen LogP contribution >= 0.6 is 11.8 Å². The van der Waals surface area contributed by atoms with E-state index in [1.165, 1.54) is 5.69 Å². The predicted octanol–water partition coefficient (Wildman–Crippen LogP) is 5.23. The van der Waals surface area contributed by atoms with E-state index < -0.39 is 0 Å². The summed E-state index contributed by atoms with van der Waals surface area (Å²) < 4.78 is 7.68. The molecule has 0 aliphatic carbocycles. The van der Waals surface area contributed by atoms with E-state index in [2.05, 4.69) is 62.5 Å². The van der Waals surface area contributed by atoms with Gasteiger partial charge in [-0.3, -0.25) is 4.90 Å². The fourth-order valence-corrected chi connectivity index (χ4v) is 4.69. The Morgan fingerprint density at radius 3 is 2.42 bits per heavy atom. The molecule has 1 fully saturated rings. The summed E-state index contributed by atoms with van der Waals surface area (Å²) in [6, 6.07) is 24.7. The van der Waals surface area contributed by atoms with Crippen molar-refractivity contribution in [3.8, 4) is 16.8 Å². The molecule has 6 nitrogen and oxygen atoms in total. The Morgan fingerprint density at radius 1 is 0.970 bits per heavy atom. The number of benzene rings is 2. The Kier molecular flexibility index (Phi) is 6.71. The van der Waals surface area contributed by atoms with Gasteiger partial charge in [0.1, 0.15) is 10.8 Å². The highest BCUT2D eigenvalue weighted by Gasteiger charge is 2.23. The van der Waals surface area contributed by atoms with E-state index in [1.54, 1.807) is 11.8 Å². The first-order chi connectivity index (χ1) is 16.3. The van der Waals surface area contributed by atoms with Gasteiger partial charge in [0.15, 0.2) is 0 Å². The molecule has 3 heterocycles. The number of hydrogen-bond acceptors (Lipinski definition) is 6. The van der Waals surface area contributed by atoms with Crippen molar-refractivity contribution in [1.29, 1.82) is 0 Å². The Morgan fingerprint density at radius 2 is 1.70 bits per heavy atom. The first-order valence-electron chi connectivity index (χ1n) is 11.1. The summed E-state index contributed by atoms with van der Waals surface area (Å²) in [7, 11) is 0. The molecule has 7 heteroatoms. The van der Waals surface area contributed by atoms with Crippen molar-refractivity contribution in [2.45, 2.75) is 11.6 Å². The normalized spacial score (nSPS) is 14.3. The van der Waals surface area contributed by atoms with Gasteiger partial charge < -0.3 is 10.1 Å². The van der Waals surface area contributed by atoms with Gasteiger partial charge >= 0.3 is 0 Å². The number of anilines is 2.